The van der Waals surface area contributed by atoms with Crippen LogP contribution in [0.2, 0.25) is 0 Å². The van der Waals surface area contributed by atoms with Gasteiger partial charge in [-0.15, -0.1) is 0 Å². The fraction of sp³-hybridized carbons (Fsp3) is 0.286. The van der Waals surface area contributed by atoms with E-state index in [-0.39, 0.29) is 0 Å². The summed E-state index contributed by atoms with van der Waals surface area (Å²) in [7, 11) is 0. The highest BCUT2D eigenvalue weighted by atomic mass is 15.3. The highest BCUT2D eigenvalue weighted by molar-refractivity contribution is 5.45. The first kappa shape index (κ1) is 11.4. The van der Waals surface area contributed by atoms with E-state index in [0.29, 0.717) is 11.6 Å². The molecule has 0 aliphatic heterocycles. The molecule has 0 saturated heterocycles. The van der Waals surface area contributed by atoms with Crippen molar-refractivity contribution >= 4 is 5.69 Å². The second kappa shape index (κ2) is 4.84. The fourth-order valence-corrected chi connectivity index (χ4v) is 1.63. The summed E-state index contributed by atoms with van der Waals surface area (Å²) in [4.78, 5) is 3.37. The van der Waals surface area contributed by atoms with E-state index in [1.165, 1.54) is 5.56 Å². The fourth-order valence-electron chi connectivity index (χ4n) is 1.63. The van der Waals surface area contributed by atoms with Crippen molar-refractivity contribution in [2.45, 2.75) is 26.3 Å². The first-order valence-corrected chi connectivity index (χ1v) is 5.68. The minimum absolute atomic E-state index is 0.508. The molecule has 0 saturated carbocycles. The molecule has 0 aliphatic rings. The molecule has 1 aromatic heterocycles. The predicted octanol–water partition coefficient (Wildman–Crippen LogP) is 3.61. The van der Waals surface area contributed by atoms with E-state index in [1.807, 2.05) is 35.1 Å². The lowest BCUT2D eigenvalue weighted by Crippen LogP contribution is -1.99. The van der Waals surface area contributed by atoms with Crippen LogP contribution in [-0.4, -0.2) is 9.78 Å². The van der Waals surface area contributed by atoms with Gasteiger partial charge in [0.2, 0.25) is 0 Å². The lowest BCUT2D eigenvalue weighted by atomic mass is 10.1. The molecule has 0 amide bonds. The molecule has 3 nitrogen and oxygen atoms in total. The second-order valence-electron chi connectivity index (χ2n) is 4.40. The van der Waals surface area contributed by atoms with Crippen molar-refractivity contribution in [3.8, 4) is 0 Å². The first-order chi connectivity index (χ1) is 8.19. The maximum atomic E-state index is 6.89. The lowest BCUT2D eigenvalue weighted by molar-refractivity contribution is 0.685. The van der Waals surface area contributed by atoms with Gasteiger partial charge >= 0.3 is 0 Å². The second-order valence-corrected chi connectivity index (χ2v) is 4.40. The highest BCUT2D eigenvalue weighted by Gasteiger charge is 2.03. The van der Waals surface area contributed by atoms with Crippen LogP contribution in [0, 0.1) is 6.57 Å². The largest absolute Gasteiger partial charge is 0.268 e. The van der Waals surface area contributed by atoms with E-state index in [4.69, 9.17) is 6.57 Å². The molecule has 2 rings (SSSR count). The molecule has 0 unspecified atom stereocenters. The van der Waals surface area contributed by atoms with Gasteiger partial charge in [0.1, 0.15) is 0 Å². The van der Waals surface area contributed by atoms with Crippen molar-refractivity contribution in [1.29, 1.82) is 0 Å². The molecule has 1 aromatic carbocycles. The van der Waals surface area contributed by atoms with Gasteiger partial charge in [0.25, 0.3) is 0 Å². The van der Waals surface area contributed by atoms with Gasteiger partial charge in [0.15, 0.2) is 5.69 Å². The molecular formula is C14H15N3. The number of hydrogen-bond donors (Lipinski definition) is 0. The average Bonchev–Trinajstić information content (AvgIpc) is 2.79. The molecule has 0 fully saturated rings. The minimum atomic E-state index is 0.508. The van der Waals surface area contributed by atoms with Crippen LogP contribution in [0.5, 0.6) is 0 Å². The Morgan fingerprint density at radius 1 is 1.29 bits per heavy atom. The molecule has 86 valence electrons. The third-order valence-corrected chi connectivity index (χ3v) is 2.73. The summed E-state index contributed by atoms with van der Waals surface area (Å²) in [6, 6.07) is 7.64. The van der Waals surface area contributed by atoms with E-state index >= 15 is 0 Å². The smallest absolute Gasteiger partial charge is 0.187 e. The number of aromatic nitrogens is 2. The molecule has 1 heterocycles. The average molecular weight is 225 g/mol. The van der Waals surface area contributed by atoms with Crippen LogP contribution in [-0.2, 0) is 6.54 Å². The minimum Gasteiger partial charge on any atom is -0.268 e. The van der Waals surface area contributed by atoms with E-state index in [1.54, 1.807) is 0 Å². The maximum absolute atomic E-state index is 6.89. The maximum Gasteiger partial charge on any atom is 0.187 e. The molecule has 0 bridgehead atoms. The van der Waals surface area contributed by atoms with Crippen LogP contribution in [0.3, 0.4) is 0 Å². The zero-order valence-corrected chi connectivity index (χ0v) is 10.1. The molecule has 0 aliphatic carbocycles. The van der Waals surface area contributed by atoms with Crippen molar-refractivity contribution in [3.05, 3.63) is 59.2 Å². The molecule has 3 heteroatoms. The Bertz CT molecular complexity index is 529. The number of nitrogens with zero attached hydrogens (tertiary/aromatic N) is 3. The molecule has 0 atom stereocenters. The third-order valence-electron chi connectivity index (χ3n) is 2.73. The van der Waals surface area contributed by atoms with Gasteiger partial charge in [-0.05, 0) is 17.0 Å². The summed E-state index contributed by atoms with van der Waals surface area (Å²) in [6.45, 7) is 12.0. The van der Waals surface area contributed by atoms with Gasteiger partial charge in [0, 0.05) is 6.20 Å². The summed E-state index contributed by atoms with van der Waals surface area (Å²) in [5.74, 6) is 0.508. The topological polar surface area (TPSA) is 22.2 Å². The summed E-state index contributed by atoms with van der Waals surface area (Å²) < 4.78 is 1.93. The van der Waals surface area contributed by atoms with Gasteiger partial charge in [-0.2, -0.15) is 5.10 Å². The zero-order valence-electron chi connectivity index (χ0n) is 10.1. The Morgan fingerprint density at radius 2 is 2.00 bits per heavy atom. The lowest BCUT2D eigenvalue weighted by Gasteiger charge is -2.02. The van der Waals surface area contributed by atoms with E-state index in [2.05, 4.69) is 30.0 Å². The Balaban J connectivity index is 2.11. The van der Waals surface area contributed by atoms with E-state index < -0.39 is 0 Å². The van der Waals surface area contributed by atoms with E-state index in [0.717, 1.165) is 12.1 Å². The van der Waals surface area contributed by atoms with Crippen LogP contribution in [0.1, 0.15) is 30.9 Å². The van der Waals surface area contributed by atoms with Gasteiger partial charge in [-0.25, -0.2) is 4.85 Å². The monoisotopic (exact) mass is 225 g/mol. The van der Waals surface area contributed by atoms with Crippen molar-refractivity contribution in [2.24, 2.45) is 0 Å². The van der Waals surface area contributed by atoms with Gasteiger partial charge in [-0.1, -0.05) is 38.1 Å². The summed E-state index contributed by atoms with van der Waals surface area (Å²) in [5.41, 5.74) is 3.09. The number of benzene rings is 1. The Labute approximate surface area is 102 Å². The van der Waals surface area contributed by atoms with Crippen molar-refractivity contribution < 1.29 is 0 Å². The van der Waals surface area contributed by atoms with Crippen LogP contribution in [0.4, 0.5) is 5.69 Å². The number of rotatable bonds is 3. The van der Waals surface area contributed by atoms with Gasteiger partial charge in [0.05, 0.1) is 19.3 Å². The zero-order chi connectivity index (χ0) is 12.3. The standard InChI is InChI=1S/C14H15N3/c1-11(2)13-8-16-17(10-13)9-12-4-6-14(15-3)7-5-12/h4-8,10-11H,9H2,1-2H3. The Morgan fingerprint density at radius 3 is 2.53 bits per heavy atom. The van der Waals surface area contributed by atoms with Gasteiger partial charge in [-0.3, -0.25) is 4.68 Å². The molecule has 17 heavy (non-hydrogen) atoms. The Kier molecular flexibility index (Phi) is 3.24. The summed E-state index contributed by atoms with van der Waals surface area (Å²) in [5, 5.41) is 4.33. The van der Waals surface area contributed by atoms with Crippen LogP contribution in [0.15, 0.2) is 36.7 Å². The van der Waals surface area contributed by atoms with Gasteiger partial charge < -0.3 is 0 Å². The summed E-state index contributed by atoms with van der Waals surface area (Å²) >= 11 is 0. The molecule has 0 radical (unpaired) electrons. The third kappa shape index (κ3) is 2.73. The van der Waals surface area contributed by atoms with Crippen LogP contribution < -0.4 is 0 Å². The van der Waals surface area contributed by atoms with Crippen molar-refractivity contribution in [1.82, 2.24) is 9.78 Å². The molecule has 2 aromatic rings. The van der Waals surface area contributed by atoms with Crippen LogP contribution >= 0.6 is 0 Å². The number of hydrogen-bond acceptors (Lipinski definition) is 1. The summed E-state index contributed by atoms with van der Waals surface area (Å²) in [6.07, 6.45) is 3.99. The van der Waals surface area contributed by atoms with Crippen molar-refractivity contribution in [3.63, 3.8) is 0 Å². The molecular weight excluding hydrogens is 210 g/mol. The quantitative estimate of drug-likeness (QED) is 0.731. The SMILES string of the molecule is [C-]#[N+]c1ccc(Cn2cc(C(C)C)cn2)cc1. The molecule has 0 N–H and O–H groups in total. The first-order valence-electron chi connectivity index (χ1n) is 5.68. The highest BCUT2D eigenvalue weighted by Crippen LogP contribution is 2.15. The Hall–Kier alpha value is -2.08. The van der Waals surface area contributed by atoms with Crippen molar-refractivity contribution in [2.75, 3.05) is 0 Å². The normalized spacial score (nSPS) is 10.5. The van der Waals surface area contributed by atoms with Crippen LogP contribution in [0.25, 0.3) is 4.85 Å². The molecule has 0 spiro atoms. The predicted molar refractivity (Wildman–Crippen MR) is 68.1 cm³/mol. The van der Waals surface area contributed by atoms with E-state index in [9.17, 15) is 0 Å².